The third-order valence-corrected chi connectivity index (χ3v) is 4.89. The number of anilines is 1. The van der Waals surface area contributed by atoms with Gasteiger partial charge in [0.1, 0.15) is 0 Å². The lowest BCUT2D eigenvalue weighted by Gasteiger charge is -2.15. The third-order valence-electron chi connectivity index (χ3n) is 3.79. The van der Waals surface area contributed by atoms with E-state index in [0.717, 1.165) is 37.1 Å². The minimum absolute atomic E-state index is 0.0518. The SMILES string of the molecule is CCCNc1ccccc1C(=O)NC1CCC(SC)C1. The molecule has 3 nitrogen and oxygen atoms in total. The van der Waals surface area contributed by atoms with Gasteiger partial charge in [-0.2, -0.15) is 11.8 Å². The standard InChI is InChI=1S/C16H24N2OS/c1-3-10-17-15-7-5-4-6-14(15)16(19)18-12-8-9-13(11-12)20-2/h4-7,12-13,17H,3,8-11H2,1-2H3,(H,18,19). The van der Waals surface area contributed by atoms with Crippen LogP contribution in [0.5, 0.6) is 0 Å². The Morgan fingerprint density at radius 3 is 2.85 bits per heavy atom. The van der Waals surface area contributed by atoms with Gasteiger partial charge in [0.05, 0.1) is 5.56 Å². The number of carbonyl (C=O) groups excluding carboxylic acids is 1. The van der Waals surface area contributed by atoms with E-state index in [9.17, 15) is 4.79 Å². The molecule has 0 bridgehead atoms. The first-order chi connectivity index (χ1) is 9.74. The van der Waals surface area contributed by atoms with E-state index >= 15 is 0 Å². The predicted octanol–water partition coefficient (Wildman–Crippen LogP) is 3.52. The van der Waals surface area contributed by atoms with E-state index in [1.807, 2.05) is 36.0 Å². The molecule has 4 heteroatoms. The van der Waals surface area contributed by atoms with Crippen LogP contribution >= 0.6 is 11.8 Å². The minimum atomic E-state index is 0.0518. The Morgan fingerprint density at radius 1 is 1.35 bits per heavy atom. The Kier molecular flexibility index (Phi) is 5.77. The van der Waals surface area contributed by atoms with Crippen LogP contribution in [0.15, 0.2) is 24.3 Å². The lowest BCUT2D eigenvalue weighted by atomic mass is 10.1. The molecule has 1 aliphatic rings. The summed E-state index contributed by atoms with van der Waals surface area (Å²) >= 11 is 1.91. The van der Waals surface area contributed by atoms with Crippen molar-refractivity contribution in [3.63, 3.8) is 0 Å². The third kappa shape index (κ3) is 3.92. The predicted molar refractivity (Wildman–Crippen MR) is 87.6 cm³/mol. The monoisotopic (exact) mass is 292 g/mol. The number of para-hydroxylation sites is 1. The first-order valence-corrected chi connectivity index (χ1v) is 8.70. The van der Waals surface area contributed by atoms with Crippen molar-refractivity contribution in [2.45, 2.75) is 43.9 Å². The second kappa shape index (κ2) is 7.58. The van der Waals surface area contributed by atoms with E-state index in [4.69, 9.17) is 0 Å². The molecule has 0 aromatic heterocycles. The fourth-order valence-electron chi connectivity index (χ4n) is 2.64. The van der Waals surface area contributed by atoms with Gasteiger partial charge >= 0.3 is 0 Å². The van der Waals surface area contributed by atoms with Gasteiger partial charge in [0.25, 0.3) is 5.91 Å². The quantitative estimate of drug-likeness (QED) is 0.843. The summed E-state index contributed by atoms with van der Waals surface area (Å²) < 4.78 is 0. The van der Waals surface area contributed by atoms with E-state index in [2.05, 4.69) is 23.8 Å². The molecule has 0 spiro atoms. The number of hydrogen-bond acceptors (Lipinski definition) is 3. The largest absolute Gasteiger partial charge is 0.384 e. The van der Waals surface area contributed by atoms with Crippen LogP contribution in [-0.2, 0) is 0 Å². The molecule has 0 aliphatic heterocycles. The van der Waals surface area contributed by atoms with Gasteiger partial charge in [-0.05, 0) is 44.1 Å². The number of rotatable bonds is 6. The van der Waals surface area contributed by atoms with Crippen molar-refractivity contribution in [3.8, 4) is 0 Å². The molecule has 0 radical (unpaired) electrons. The Balaban J connectivity index is 1.98. The molecule has 1 aromatic rings. The van der Waals surface area contributed by atoms with Crippen LogP contribution in [0.1, 0.15) is 43.0 Å². The Morgan fingerprint density at radius 2 is 2.15 bits per heavy atom. The van der Waals surface area contributed by atoms with Gasteiger partial charge in [0.15, 0.2) is 0 Å². The maximum Gasteiger partial charge on any atom is 0.253 e. The van der Waals surface area contributed by atoms with E-state index in [1.165, 1.54) is 6.42 Å². The molecule has 1 saturated carbocycles. The van der Waals surface area contributed by atoms with Crippen molar-refractivity contribution in [3.05, 3.63) is 29.8 Å². The van der Waals surface area contributed by atoms with Gasteiger partial charge < -0.3 is 10.6 Å². The highest BCUT2D eigenvalue weighted by molar-refractivity contribution is 7.99. The topological polar surface area (TPSA) is 41.1 Å². The second-order valence-electron chi connectivity index (χ2n) is 5.31. The summed E-state index contributed by atoms with van der Waals surface area (Å²) in [6, 6.07) is 8.09. The first-order valence-electron chi connectivity index (χ1n) is 7.41. The van der Waals surface area contributed by atoms with Crippen molar-refractivity contribution >= 4 is 23.4 Å². The zero-order valence-electron chi connectivity index (χ0n) is 12.3. The van der Waals surface area contributed by atoms with Crippen molar-refractivity contribution in [1.82, 2.24) is 5.32 Å². The molecule has 20 heavy (non-hydrogen) atoms. The van der Waals surface area contributed by atoms with E-state index in [-0.39, 0.29) is 5.91 Å². The molecule has 2 rings (SSSR count). The lowest BCUT2D eigenvalue weighted by molar-refractivity contribution is 0.0939. The van der Waals surface area contributed by atoms with Gasteiger partial charge in [0, 0.05) is 23.5 Å². The second-order valence-corrected chi connectivity index (χ2v) is 6.45. The maximum atomic E-state index is 12.4. The van der Waals surface area contributed by atoms with Crippen LogP contribution < -0.4 is 10.6 Å². The summed E-state index contributed by atoms with van der Waals surface area (Å²) in [6.45, 7) is 3.01. The van der Waals surface area contributed by atoms with Crippen molar-refractivity contribution < 1.29 is 4.79 Å². The van der Waals surface area contributed by atoms with Gasteiger partial charge in [-0.1, -0.05) is 19.1 Å². The van der Waals surface area contributed by atoms with Gasteiger partial charge in [-0.15, -0.1) is 0 Å². The zero-order valence-corrected chi connectivity index (χ0v) is 13.1. The fourth-order valence-corrected chi connectivity index (χ4v) is 3.44. The average molecular weight is 292 g/mol. The summed E-state index contributed by atoms with van der Waals surface area (Å²) in [5.41, 5.74) is 1.69. The molecule has 0 heterocycles. The molecule has 1 aromatic carbocycles. The lowest BCUT2D eigenvalue weighted by Crippen LogP contribution is -2.33. The molecule has 110 valence electrons. The number of nitrogens with one attached hydrogen (secondary N) is 2. The Bertz CT molecular complexity index is 450. The Hall–Kier alpha value is -1.16. The number of thioether (sulfide) groups is 1. The molecule has 1 fully saturated rings. The van der Waals surface area contributed by atoms with Gasteiger partial charge in [-0.3, -0.25) is 4.79 Å². The van der Waals surface area contributed by atoms with E-state index in [1.54, 1.807) is 0 Å². The highest BCUT2D eigenvalue weighted by atomic mass is 32.2. The highest BCUT2D eigenvalue weighted by Gasteiger charge is 2.25. The number of amides is 1. The summed E-state index contributed by atoms with van der Waals surface area (Å²) in [5.74, 6) is 0.0518. The highest BCUT2D eigenvalue weighted by Crippen LogP contribution is 2.28. The molecule has 2 atom stereocenters. The van der Waals surface area contributed by atoms with Crippen LogP contribution in [0.2, 0.25) is 0 Å². The average Bonchev–Trinajstić information content (AvgIpc) is 2.93. The molecular formula is C16H24N2OS. The number of hydrogen-bond donors (Lipinski definition) is 2. The molecule has 1 aliphatic carbocycles. The van der Waals surface area contributed by atoms with E-state index < -0.39 is 0 Å². The Labute approximate surface area is 125 Å². The summed E-state index contributed by atoms with van der Waals surface area (Å²) in [5, 5.41) is 7.21. The zero-order chi connectivity index (χ0) is 14.4. The van der Waals surface area contributed by atoms with E-state index in [0.29, 0.717) is 11.3 Å². The molecular weight excluding hydrogens is 268 g/mol. The van der Waals surface area contributed by atoms with Crippen LogP contribution in [-0.4, -0.2) is 30.0 Å². The van der Waals surface area contributed by atoms with Crippen molar-refractivity contribution in [1.29, 1.82) is 0 Å². The molecule has 0 saturated heterocycles. The normalized spacial score (nSPS) is 21.7. The van der Waals surface area contributed by atoms with Crippen molar-refractivity contribution in [2.24, 2.45) is 0 Å². The molecule has 1 amide bonds. The van der Waals surface area contributed by atoms with Gasteiger partial charge in [-0.25, -0.2) is 0 Å². The fraction of sp³-hybridized carbons (Fsp3) is 0.562. The minimum Gasteiger partial charge on any atom is -0.384 e. The summed E-state index contributed by atoms with van der Waals surface area (Å²) in [7, 11) is 0. The van der Waals surface area contributed by atoms with Crippen LogP contribution in [0, 0.1) is 0 Å². The first kappa shape index (κ1) is 15.2. The van der Waals surface area contributed by atoms with Gasteiger partial charge in [0.2, 0.25) is 0 Å². The summed E-state index contributed by atoms with van der Waals surface area (Å²) in [6.07, 6.45) is 6.61. The number of benzene rings is 1. The number of carbonyl (C=O) groups is 1. The maximum absolute atomic E-state index is 12.4. The molecule has 2 N–H and O–H groups in total. The van der Waals surface area contributed by atoms with Crippen LogP contribution in [0.25, 0.3) is 0 Å². The van der Waals surface area contributed by atoms with Crippen LogP contribution in [0.4, 0.5) is 5.69 Å². The smallest absolute Gasteiger partial charge is 0.253 e. The van der Waals surface area contributed by atoms with Crippen LogP contribution in [0.3, 0.4) is 0 Å². The van der Waals surface area contributed by atoms with Crippen molar-refractivity contribution in [2.75, 3.05) is 18.1 Å². The molecule has 2 unspecified atom stereocenters. The summed E-state index contributed by atoms with van der Waals surface area (Å²) in [4.78, 5) is 12.4.